The maximum Gasteiger partial charge on any atom is 0.332 e. The highest BCUT2D eigenvalue weighted by atomic mass is 79.9. The minimum Gasteiger partial charge on any atom is -0.460 e. The Morgan fingerprint density at radius 1 is 1.31 bits per heavy atom. The molecule has 86 valence electrons. The summed E-state index contributed by atoms with van der Waals surface area (Å²) in [5.74, 6) is -0.331. The van der Waals surface area contributed by atoms with Gasteiger partial charge in [-0.15, -0.1) is 0 Å². The second-order valence-corrected chi connectivity index (χ2v) is 4.70. The number of carbonyl (C=O) groups is 1. The van der Waals surface area contributed by atoms with Crippen LogP contribution in [0.2, 0.25) is 0 Å². The highest BCUT2D eigenvalue weighted by Crippen LogP contribution is 2.21. The summed E-state index contributed by atoms with van der Waals surface area (Å²) in [5, 5.41) is 0. The molecule has 0 unspecified atom stereocenters. The summed E-state index contributed by atoms with van der Waals surface area (Å²) in [6.45, 7) is 5.67. The summed E-state index contributed by atoms with van der Waals surface area (Å²) in [5.41, 5.74) is 2.15. The van der Waals surface area contributed by atoms with E-state index in [0.29, 0.717) is 0 Å². The molecule has 0 amide bonds. The van der Waals surface area contributed by atoms with E-state index < -0.39 is 0 Å². The van der Waals surface area contributed by atoms with E-state index in [4.69, 9.17) is 4.74 Å². The van der Waals surface area contributed by atoms with Crippen molar-refractivity contribution >= 4 is 26.4 Å². The van der Waals surface area contributed by atoms with E-state index in [2.05, 4.69) is 15.9 Å². The molecular weight excluding hydrogens is 268 g/mol. The minimum absolute atomic E-state index is 0.0953. The first-order valence-electron chi connectivity index (χ1n) is 5.14. The van der Waals surface area contributed by atoms with Gasteiger partial charge < -0.3 is 4.74 Å². The number of hydrogen-bond donors (Lipinski definition) is 0. The lowest BCUT2D eigenvalue weighted by Gasteiger charge is -2.05. The van der Waals surface area contributed by atoms with Gasteiger partial charge in [-0.2, -0.15) is 0 Å². The van der Waals surface area contributed by atoms with Crippen molar-refractivity contribution in [3.8, 4) is 0 Å². The number of carbonyl (C=O) groups excluding carboxylic acids is 1. The first-order valence-corrected chi connectivity index (χ1v) is 5.93. The Kier molecular flexibility index (Phi) is 4.74. The third kappa shape index (κ3) is 4.19. The molecular formula is C13H15BrO2. The summed E-state index contributed by atoms with van der Waals surface area (Å²) < 4.78 is 5.76. The van der Waals surface area contributed by atoms with E-state index in [1.807, 2.05) is 45.0 Å². The van der Waals surface area contributed by atoms with Crippen LogP contribution in [0.15, 0.2) is 30.3 Å². The Balaban J connectivity index is 2.77. The third-order valence-corrected chi connectivity index (χ3v) is 2.61. The summed E-state index contributed by atoms with van der Waals surface area (Å²) in [4.78, 5) is 11.4. The maximum absolute atomic E-state index is 11.4. The van der Waals surface area contributed by atoms with Gasteiger partial charge in [-0.3, -0.25) is 0 Å². The number of benzene rings is 1. The van der Waals surface area contributed by atoms with Gasteiger partial charge in [-0.05, 0) is 42.3 Å². The molecule has 0 N–H and O–H groups in total. The second kappa shape index (κ2) is 5.85. The van der Waals surface area contributed by atoms with Crippen LogP contribution in [0, 0.1) is 6.92 Å². The highest BCUT2D eigenvalue weighted by molar-refractivity contribution is 9.15. The van der Waals surface area contributed by atoms with Crippen LogP contribution in [0.1, 0.15) is 25.0 Å². The molecule has 0 aliphatic rings. The van der Waals surface area contributed by atoms with Crippen molar-refractivity contribution in [2.45, 2.75) is 26.9 Å². The minimum atomic E-state index is -0.331. The molecule has 0 aromatic heterocycles. The van der Waals surface area contributed by atoms with Crippen molar-refractivity contribution in [2.75, 3.05) is 0 Å². The van der Waals surface area contributed by atoms with Gasteiger partial charge in [0, 0.05) is 10.6 Å². The number of esters is 1. The van der Waals surface area contributed by atoms with Gasteiger partial charge in [0.05, 0.1) is 6.10 Å². The fourth-order valence-electron chi connectivity index (χ4n) is 1.17. The summed E-state index contributed by atoms with van der Waals surface area (Å²) >= 11 is 3.36. The smallest absolute Gasteiger partial charge is 0.332 e. The zero-order valence-electron chi connectivity index (χ0n) is 9.66. The van der Waals surface area contributed by atoms with Gasteiger partial charge in [0.15, 0.2) is 0 Å². The Hall–Kier alpha value is -1.09. The van der Waals surface area contributed by atoms with Crippen LogP contribution < -0.4 is 0 Å². The van der Waals surface area contributed by atoms with Gasteiger partial charge in [0.2, 0.25) is 0 Å². The Morgan fingerprint density at radius 3 is 2.38 bits per heavy atom. The molecule has 0 atom stereocenters. The normalized spacial score (nSPS) is 11.7. The molecule has 2 nitrogen and oxygen atoms in total. The monoisotopic (exact) mass is 282 g/mol. The number of rotatable bonds is 3. The predicted molar refractivity (Wildman–Crippen MR) is 69.3 cm³/mol. The van der Waals surface area contributed by atoms with E-state index >= 15 is 0 Å². The molecule has 1 rings (SSSR count). The summed E-state index contributed by atoms with van der Waals surface area (Å²) in [6.07, 6.45) is 1.35. The van der Waals surface area contributed by atoms with Crippen molar-refractivity contribution in [1.82, 2.24) is 0 Å². The molecule has 0 heterocycles. The third-order valence-electron chi connectivity index (χ3n) is 1.92. The van der Waals surface area contributed by atoms with Crippen molar-refractivity contribution in [2.24, 2.45) is 0 Å². The number of halogens is 1. The second-order valence-electron chi connectivity index (χ2n) is 3.84. The quantitative estimate of drug-likeness (QED) is 0.624. The van der Waals surface area contributed by atoms with Crippen LogP contribution in [-0.4, -0.2) is 12.1 Å². The molecule has 1 aromatic carbocycles. The summed E-state index contributed by atoms with van der Waals surface area (Å²) in [7, 11) is 0. The van der Waals surface area contributed by atoms with Crippen LogP contribution in [0.25, 0.3) is 4.48 Å². The molecule has 0 saturated heterocycles. The fraction of sp³-hybridized carbons (Fsp3) is 0.308. The molecule has 3 heteroatoms. The van der Waals surface area contributed by atoms with Crippen LogP contribution in [0.5, 0.6) is 0 Å². The van der Waals surface area contributed by atoms with Gasteiger partial charge in [-0.1, -0.05) is 29.8 Å². The van der Waals surface area contributed by atoms with Crippen molar-refractivity contribution in [3.63, 3.8) is 0 Å². The number of ether oxygens (including phenoxy) is 1. The number of aryl methyl sites for hydroxylation is 1. The van der Waals surface area contributed by atoms with Crippen LogP contribution in [-0.2, 0) is 9.53 Å². The van der Waals surface area contributed by atoms with Crippen LogP contribution >= 0.6 is 15.9 Å². The molecule has 0 fully saturated rings. The Morgan fingerprint density at radius 2 is 1.88 bits per heavy atom. The zero-order chi connectivity index (χ0) is 12.1. The van der Waals surface area contributed by atoms with Crippen molar-refractivity contribution < 1.29 is 9.53 Å². The Labute approximate surface area is 104 Å². The van der Waals surface area contributed by atoms with E-state index in [0.717, 1.165) is 10.0 Å². The highest BCUT2D eigenvalue weighted by Gasteiger charge is 2.04. The zero-order valence-corrected chi connectivity index (χ0v) is 11.2. The topological polar surface area (TPSA) is 26.3 Å². The molecule has 0 aliphatic carbocycles. The molecule has 0 saturated carbocycles. The molecule has 1 aromatic rings. The van der Waals surface area contributed by atoms with E-state index in [1.54, 1.807) is 0 Å². The lowest BCUT2D eigenvalue weighted by atomic mass is 10.1. The predicted octanol–water partition coefficient (Wildman–Crippen LogP) is 3.68. The van der Waals surface area contributed by atoms with Crippen LogP contribution in [0.4, 0.5) is 0 Å². The van der Waals surface area contributed by atoms with Gasteiger partial charge >= 0.3 is 5.97 Å². The fourth-order valence-corrected chi connectivity index (χ4v) is 1.62. The molecule has 16 heavy (non-hydrogen) atoms. The van der Waals surface area contributed by atoms with Crippen LogP contribution in [0.3, 0.4) is 0 Å². The SMILES string of the molecule is Cc1ccc(/C(Br)=C/C(=O)OC(C)C)cc1. The molecule has 0 aliphatic heterocycles. The largest absolute Gasteiger partial charge is 0.460 e. The molecule has 0 bridgehead atoms. The van der Waals surface area contributed by atoms with Gasteiger partial charge in [0.1, 0.15) is 0 Å². The first kappa shape index (κ1) is 13.0. The Bertz CT molecular complexity index is 391. The lowest BCUT2D eigenvalue weighted by Crippen LogP contribution is -2.08. The average Bonchev–Trinajstić information content (AvgIpc) is 2.16. The average molecular weight is 283 g/mol. The first-order chi connectivity index (χ1) is 7.49. The lowest BCUT2D eigenvalue weighted by molar-refractivity contribution is -0.141. The molecule has 0 radical (unpaired) electrons. The number of hydrogen-bond acceptors (Lipinski definition) is 2. The van der Waals surface area contributed by atoms with E-state index in [-0.39, 0.29) is 12.1 Å². The van der Waals surface area contributed by atoms with E-state index in [9.17, 15) is 4.79 Å². The molecule has 0 spiro atoms. The van der Waals surface area contributed by atoms with Crippen molar-refractivity contribution in [3.05, 3.63) is 41.5 Å². The standard InChI is InChI=1S/C13H15BrO2/c1-9(2)16-13(15)8-12(14)11-6-4-10(3)5-7-11/h4-9H,1-3H3/b12-8-. The van der Waals surface area contributed by atoms with Gasteiger partial charge in [0.25, 0.3) is 0 Å². The summed E-state index contributed by atoms with van der Waals surface area (Å²) in [6, 6.07) is 7.91. The van der Waals surface area contributed by atoms with Gasteiger partial charge in [-0.25, -0.2) is 4.79 Å². The van der Waals surface area contributed by atoms with E-state index in [1.165, 1.54) is 11.6 Å². The van der Waals surface area contributed by atoms with Crippen molar-refractivity contribution in [1.29, 1.82) is 0 Å². The maximum atomic E-state index is 11.4.